The number of hydrogen-bond donors (Lipinski definition) is 2. The zero-order valence-corrected chi connectivity index (χ0v) is 9.39. The van der Waals surface area contributed by atoms with Crippen LogP contribution in [0.15, 0.2) is 12.5 Å². The molecule has 0 spiro atoms. The Kier molecular flexibility index (Phi) is 3.21. The highest BCUT2D eigenvalue weighted by molar-refractivity contribution is 5.80. The molecule has 1 aromatic heterocycles. The van der Waals surface area contributed by atoms with Gasteiger partial charge in [-0.15, -0.1) is 0 Å². The van der Waals surface area contributed by atoms with Crippen LogP contribution in [-0.4, -0.2) is 46.0 Å². The number of carbonyl (C=O) groups is 1. The molecule has 1 unspecified atom stereocenters. The molecule has 1 amide bonds. The fraction of sp³-hybridized carbons (Fsp3) is 0.600. The molecule has 16 heavy (non-hydrogen) atoms. The number of amides is 1. The lowest BCUT2D eigenvalue weighted by atomic mass is 10.1. The van der Waals surface area contributed by atoms with Crippen molar-refractivity contribution in [3.05, 3.63) is 18.2 Å². The molecule has 1 aliphatic heterocycles. The lowest BCUT2D eigenvalue weighted by Crippen LogP contribution is -2.56. The van der Waals surface area contributed by atoms with E-state index in [9.17, 15) is 4.79 Å². The maximum absolute atomic E-state index is 11.3. The first kappa shape index (κ1) is 11.1. The lowest BCUT2D eigenvalue weighted by molar-refractivity contribution is -0.124. The second-order valence-electron chi connectivity index (χ2n) is 4.09. The van der Waals surface area contributed by atoms with Crippen LogP contribution < -0.4 is 11.1 Å². The van der Waals surface area contributed by atoms with E-state index in [0.29, 0.717) is 13.1 Å². The number of rotatable bonds is 3. The van der Waals surface area contributed by atoms with Crippen molar-refractivity contribution in [2.24, 2.45) is 12.8 Å². The van der Waals surface area contributed by atoms with Gasteiger partial charge in [0.25, 0.3) is 0 Å². The number of nitrogens with one attached hydrogen (secondary N) is 1. The number of nitrogens with two attached hydrogens (primary N) is 1. The second-order valence-corrected chi connectivity index (χ2v) is 4.09. The van der Waals surface area contributed by atoms with E-state index in [0.717, 1.165) is 18.8 Å². The van der Waals surface area contributed by atoms with Crippen molar-refractivity contribution in [2.45, 2.75) is 12.6 Å². The second kappa shape index (κ2) is 4.63. The summed E-state index contributed by atoms with van der Waals surface area (Å²) in [5.41, 5.74) is 6.47. The minimum atomic E-state index is -0.269. The SMILES string of the molecule is Cn1cncc1CN1CCNCC1C(N)=O. The normalized spacial score (nSPS) is 22.2. The summed E-state index contributed by atoms with van der Waals surface area (Å²) in [5, 5.41) is 3.18. The van der Waals surface area contributed by atoms with Crippen LogP contribution in [0.2, 0.25) is 0 Å². The molecule has 0 aliphatic carbocycles. The van der Waals surface area contributed by atoms with E-state index in [4.69, 9.17) is 5.73 Å². The highest BCUT2D eigenvalue weighted by atomic mass is 16.1. The third kappa shape index (κ3) is 2.23. The van der Waals surface area contributed by atoms with Gasteiger partial charge in [0.05, 0.1) is 12.0 Å². The summed E-state index contributed by atoms with van der Waals surface area (Å²) in [6.07, 6.45) is 3.58. The predicted octanol–water partition coefficient (Wildman–Crippen LogP) is -1.32. The number of aromatic nitrogens is 2. The molecule has 1 fully saturated rings. The molecule has 1 aliphatic rings. The maximum Gasteiger partial charge on any atom is 0.236 e. The third-order valence-corrected chi connectivity index (χ3v) is 2.96. The molecule has 0 saturated carbocycles. The Morgan fingerprint density at radius 2 is 2.56 bits per heavy atom. The summed E-state index contributed by atoms with van der Waals surface area (Å²) in [5.74, 6) is -0.269. The van der Waals surface area contributed by atoms with Crippen molar-refractivity contribution in [1.29, 1.82) is 0 Å². The first-order valence-electron chi connectivity index (χ1n) is 5.38. The van der Waals surface area contributed by atoms with Crippen LogP contribution in [0.3, 0.4) is 0 Å². The predicted molar refractivity (Wildman–Crippen MR) is 59.5 cm³/mol. The molecule has 6 heteroatoms. The molecule has 2 heterocycles. The van der Waals surface area contributed by atoms with Crippen LogP contribution in [0.1, 0.15) is 5.69 Å². The topological polar surface area (TPSA) is 76.2 Å². The fourth-order valence-electron chi connectivity index (χ4n) is 1.96. The highest BCUT2D eigenvalue weighted by Gasteiger charge is 2.27. The Balaban J connectivity index is 2.07. The first-order chi connectivity index (χ1) is 7.68. The summed E-state index contributed by atoms with van der Waals surface area (Å²) in [4.78, 5) is 17.5. The Morgan fingerprint density at radius 1 is 1.75 bits per heavy atom. The quantitative estimate of drug-likeness (QED) is 0.666. The van der Waals surface area contributed by atoms with Gasteiger partial charge in [-0.25, -0.2) is 4.98 Å². The molecule has 1 aromatic rings. The van der Waals surface area contributed by atoms with Crippen LogP contribution >= 0.6 is 0 Å². The van der Waals surface area contributed by atoms with Crippen molar-refractivity contribution in [3.8, 4) is 0 Å². The standard InChI is InChI=1S/C10H17N5O/c1-14-7-13-4-8(14)6-15-3-2-12-5-9(15)10(11)16/h4,7,9,12H,2-3,5-6H2,1H3,(H2,11,16). The van der Waals surface area contributed by atoms with E-state index in [-0.39, 0.29) is 11.9 Å². The maximum atomic E-state index is 11.3. The number of nitrogens with zero attached hydrogens (tertiary/aromatic N) is 3. The summed E-state index contributed by atoms with van der Waals surface area (Å²) < 4.78 is 1.96. The molecule has 0 aromatic carbocycles. The van der Waals surface area contributed by atoms with Gasteiger partial charge in [0.2, 0.25) is 5.91 Å². The van der Waals surface area contributed by atoms with Gasteiger partial charge in [-0.3, -0.25) is 9.69 Å². The van der Waals surface area contributed by atoms with Gasteiger partial charge < -0.3 is 15.6 Å². The van der Waals surface area contributed by atoms with Crippen LogP contribution in [0.4, 0.5) is 0 Å². The van der Waals surface area contributed by atoms with Crippen molar-refractivity contribution >= 4 is 5.91 Å². The Bertz CT molecular complexity index is 375. The molecule has 6 nitrogen and oxygen atoms in total. The molecule has 1 atom stereocenters. The number of primary amides is 1. The zero-order chi connectivity index (χ0) is 11.5. The Morgan fingerprint density at radius 3 is 3.19 bits per heavy atom. The van der Waals surface area contributed by atoms with Crippen LogP contribution in [-0.2, 0) is 18.4 Å². The average Bonchev–Trinajstić information content (AvgIpc) is 2.65. The largest absolute Gasteiger partial charge is 0.368 e. The lowest BCUT2D eigenvalue weighted by Gasteiger charge is -2.33. The van der Waals surface area contributed by atoms with Crippen LogP contribution in [0, 0.1) is 0 Å². The van der Waals surface area contributed by atoms with Crippen molar-refractivity contribution in [2.75, 3.05) is 19.6 Å². The van der Waals surface area contributed by atoms with Gasteiger partial charge in [0.1, 0.15) is 6.04 Å². The molecular weight excluding hydrogens is 206 g/mol. The minimum Gasteiger partial charge on any atom is -0.368 e. The van der Waals surface area contributed by atoms with E-state index in [2.05, 4.69) is 15.2 Å². The van der Waals surface area contributed by atoms with Crippen molar-refractivity contribution in [1.82, 2.24) is 19.8 Å². The Hall–Kier alpha value is -1.40. The van der Waals surface area contributed by atoms with E-state index < -0.39 is 0 Å². The van der Waals surface area contributed by atoms with Gasteiger partial charge >= 0.3 is 0 Å². The van der Waals surface area contributed by atoms with E-state index in [1.807, 2.05) is 17.8 Å². The van der Waals surface area contributed by atoms with Gasteiger partial charge in [-0.2, -0.15) is 0 Å². The van der Waals surface area contributed by atoms with Gasteiger partial charge in [0.15, 0.2) is 0 Å². The number of hydrogen-bond acceptors (Lipinski definition) is 4. The monoisotopic (exact) mass is 223 g/mol. The average molecular weight is 223 g/mol. The zero-order valence-electron chi connectivity index (χ0n) is 9.39. The molecule has 2 rings (SSSR count). The molecule has 0 bridgehead atoms. The smallest absolute Gasteiger partial charge is 0.236 e. The number of carbonyl (C=O) groups excluding carboxylic acids is 1. The molecule has 88 valence electrons. The third-order valence-electron chi connectivity index (χ3n) is 2.96. The summed E-state index contributed by atoms with van der Waals surface area (Å²) >= 11 is 0. The number of imidazole rings is 1. The van der Waals surface area contributed by atoms with Crippen LogP contribution in [0.5, 0.6) is 0 Å². The molecular formula is C10H17N5O. The van der Waals surface area contributed by atoms with Gasteiger partial charge in [-0.1, -0.05) is 0 Å². The Labute approximate surface area is 94.4 Å². The van der Waals surface area contributed by atoms with E-state index in [1.165, 1.54) is 0 Å². The van der Waals surface area contributed by atoms with Gasteiger partial charge in [0, 0.05) is 39.4 Å². The summed E-state index contributed by atoms with van der Waals surface area (Å²) in [6, 6.07) is -0.219. The molecule has 3 N–H and O–H groups in total. The highest BCUT2D eigenvalue weighted by Crippen LogP contribution is 2.09. The van der Waals surface area contributed by atoms with Crippen LogP contribution in [0.25, 0.3) is 0 Å². The van der Waals surface area contributed by atoms with Gasteiger partial charge in [-0.05, 0) is 0 Å². The van der Waals surface area contributed by atoms with Crippen molar-refractivity contribution < 1.29 is 4.79 Å². The minimum absolute atomic E-state index is 0.219. The summed E-state index contributed by atoms with van der Waals surface area (Å²) in [7, 11) is 1.95. The molecule has 0 radical (unpaired) electrons. The summed E-state index contributed by atoms with van der Waals surface area (Å²) in [6.45, 7) is 3.07. The first-order valence-corrected chi connectivity index (χ1v) is 5.38. The van der Waals surface area contributed by atoms with E-state index in [1.54, 1.807) is 6.33 Å². The van der Waals surface area contributed by atoms with Crippen molar-refractivity contribution in [3.63, 3.8) is 0 Å². The number of aryl methyl sites for hydroxylation is 1. The number of piperazine rings is 1. The molecule has 1 saturated heterocycles. The fourth-order valence-corrected chi connectivity index (χ4v) is 1.96. The van der Waals surface area contributed by atoms with E-state index >= 15 is 0 Å².